The summed E-state index contributed by atoms with van der Waals surface area (Å²) >= 11 is 0. The lowest BCUT2D eigenvalue weighted by Gasteiger charge is -2.07. The minimum Gasteiger partial charge on any atom is -0.494 e. The fourth-order valence-electron chi connectivity index (χ4n) is 1.91. The third kappa shape index (κ3) is 4.05. The smallest absolute Gasteiger partial charge is 0.270 e. The van der Waals surface area contributed by atoms with Crippen LogP contribution in [0.3, 0.4) is 0 Å². The van der Waals surface area contributed by atoms with E-state index in [2.05, 4.69) is 5.32 Å². The molecular formula is C16H16N2O4. The number of ether oxygens (including phenoxy) is 1. The minimum absolute atomic E-state index is 0.0646. The normalized spacial score (nSPS) is 10.0. The van der Waals surface area contributed by atoms with Crippen molar-refractivity contribution in [3.8, 4) is 5.75 Å². The predicted octanol–water partition coefficient (Wildman–Crippen LogP) is 3.29. The fourth-order valence-corrected chi connectivity index (χ4v) is 1.91. The molecule has 6 heteroatoms. The van der Waals surface area contributed by atoms with E-state index in [0.29, 0.717) is 12.2 Å². The average Bonchev–Trinajstić information content (AvgIpc) is 2.54. The van der Waals surface area contributed by atoms with Gasteiger partial charge in [0.2, 0.25) is 0 Å². The molecule has 0 aliphatic rings. The number of nitro benzene ring substituents is 1. The minimum atomic E-state index is -0.517. The molecule has 2 aromatic carbocycles. The predicted molar refractivity (Wildman–Crippen MR) is 83.5 cm³/mol. The maximum Gasteiger partial charge on any atom is 0.270 e. The molecule has 2 aromatic rings. The summed E-state index contributed by atoms with van der Waals surface area (Å²) in [6.45, 7) is 2.57. The van der Waals surface area contributed by atoms with Gasteiger partial charge in [0.05, 0.1) is 18.1 Å². The van der Waals surface area contributed by atoms with Crippen LogP contribution in [0.1, 0.15) is 17.3 Å². The van der Waals surface area contributed by atoms with Crippen molar-refractivity contribution >= 4 is 17.2 Å². The number of carbonyl (C=O) groups is 1. The number of non-ortho nitro benzene ring substituents is 1. The molecule has 0 radical (unpaired) electrons. The van der Waals surface area contributed by atoms with Crippen molar-refractivity contribution in [3.63, 3.8) is 0 Å². The molecule has 0 amide bonds. The van der Waals surface area contributed by atoms with Crippen molar-refractivity contribution in [3.05, 3.63) is 64.2 Å². The molecule has 2 rings (SSSR count). The van der Waals surface area contributed by atoms with Crippen LogP contribution in [-0.4, -0.2) is 23.9 Å². The van der Waals surface area contributed by atoms with Gasteiger partial charge in [0, 0.05) is 23.4 Å². The van der Waals surface area contributed by atoms with Crippen molar-refractivity contribution in [2.45, 2.75) is 6.92 Å². The lowest BCUT2D eigenvalue weighted by molar-refractivity contribution is -0.384. The van der Waals surface area contributed by atoms with Gasteiger partial charge in [-0.05, 0) is 31.2 Å². The number of nitrogens with zero attached hydrogens (tertiary/aromatic N) is 1. The topological polar surface area (TPSA) is 81.5 Å². The molecule has 0 spiro atoms. The van der Waals surface area contributed by atoms with Crippen LogP contribution in [0.15, 0.2) is 48.5 Å². The molecule has 0 aliphatic carbocycles. The molecule has 0 bridgehead atoms. The monoisotopic (exact) mass is 300 g/mol. The molecule has 0 saturated heterocycles. The Hall–Kier alpha value is -2.89. The molecule has 0 aliphatic heterocycles. The molecule has 0 saturated carbocycles. The fraction of sp³-hybridized carbons (Fsp3) is 0.188. The largest absolute Gasteiger partial charge is 0.494 e. The van der Waals surface area contributed by atoms with Crippen LogP contribution >= 0.6 is 0 Å². The number of nitrogens with one attached hydrogen (secondary N) is 1. The second-order valence-corrected chi connectivity index (χ2v) is 4.54. The second-order valence-electron chi connectivity index (χ2n) is 4.54. The first-order valence-corrected chi connectivity index (χ1v) is 6.84. The summed E-state index contributed by atoms with van der Waals surface area (Å²) in [7, 11) is 0. The third-order valence-corrected chi connectivity index (χ3v) is 3.00. The Labute approximate surface area is 127 Å². The van der Waals surface area contributed by atoms with E-state index in [0.717, 1.165) is 11.4 Å². The van der Waals surface area contributed by atoms with E-state index in [9.17, 15) is 14.9 Å². The molecule has 22 heavy (non-hydrogen) atoms. The van der Waals surface area contributed by atoms with E-state index in [4.69, 9.17) is 4.74 Å². The molecule has 1 N–H and O–H groups in total. The Bertz CT molecular complexity index is 668. The standard InChI is InChI=1S/C16H16N2O4/c1-2-22-15-8-6-13(7-9-15)17-11-16(19)12-4-3-5-14(10-12)18(20)21/h3-10,17H,2,11H2,1H3. The molecule has 0 atom stereocenters. The number of anilines is 1. The van der Waals surface area contributed by atoms with Gasteiger partial charge in [0.1, 0.15) is 5.75 Å². The van der Waals surface area contributed by atoms with E-state index >= 15 is 0 Å². The van der Waals surface area contributed by atoms with Gasteiger partial charge in [-0.15, -0.1) is 0 Å². The molecular weight excluding hydrogens is 284 g/mol. The van der Waals surface area contributed by atoms with Crippen LogP contribution in [-0.2, 0) is 0 Å². The first-order valence-electron chi connectivity index (χ1n) is 6.84. The molecule has 6 nitrogen and oxygen atoms in total. The quantitative estimate of drug-likeness (QED) is 0.482. The van der Waals surface area contributed by atoms with Crippen LogP contribution in [0.25, 0.3) is 0 Å². The number of Topliss-reactive ketones (excluding diaryl/α,β-unsaturated/α-hetero) is 1. The van der Waals surface area contributed by atoms with Crippen molar-refractivity contribution in [1.29, 1.82) is 0 Å². The number of ketones is 1. The summed E-state index contributed by atoms with van der Waals surface area (Å²) < 4.78 is 5.33. The van der Waals surface area contributed by atoms with E-state index in [1.165, 1.54) is 18.2 Å². The van der Waals surface area contributed by atoms with E-state index in [-0.39, 0.29) is 18.0 Å². The second kappa shape index (κ2) is 7.21. The number of rotatable bonds is 7. The zero-order chi connectivity index (χ0) is 15.9. The summed E-state index contributed by atoms with van der Waals surface area (Å²) in [6.07, 6.45) is 0. The summed E-state index contributed by atoms with van der Waals surface area (Å²) in [5.74, 6) is 0.552. The highest BCUT2D eigenvalue weighted by atomic mass is 16.6. The van der Waals surface area contributed by atoms with Crippen molar-refractivity contribution < 1.29 is 14.5 Å². The number of benzene rings is 2. The molecule has 0 aromatic heterocycles. The van der Waals surface area contributed by atoms with Crippen LogP contribution in [0.5, 0.6) is 5.75 Å². The van der Waals surface area contributed by atoms with Gasteiger partial charge in [0.15, 0.2) is 5.78 Å². The Kier molecular flexibility index (Phi) is 5.08. The highest BCUT2D eigenvalue weighted by molar-refractivity contribution is 5.99. The van der Waals surface area contributed by atoms with Crippen molar-refractivity contribution in [2.24, 2.45) is 0 Å². The van der Waals surface area contributed by atoms with Gasteiger partial charge in [-0.1, -0.05) is 12.1 Å². The van der Waals surface area contributed by atoms with Crippen LogP contribution in [0.4, 0.5) is 11.4 Å². The van der Waals surface area contributed by atoms with Crippen LogP contribution < -0.4 is 10.1 Å². The summed E-state index contributed by atoms with van der Waals surface area (Å²) in [4.78, 5) is 22.2. The number of nitro groups is 1. The number of hydrogen-bond donors (Lipinski definition) is 1. The lowest BCUT2D eigenvalue weighted by Crippen LogP contribution is -2.14. The zero-order valence-corrected chi connectivity index (χ0v) is 12.1. The van der Waals surface area contributed by atoms with E-state index in [1.807, 2.05) is 31.2 Å². The summed E-state index contributed by atoms with van der Waals surface area (Å²) in [6, 6.07) is 12.9. The first-order chi connectivity index (χ1) is 10.6. The number of hydrogen-bond acceptors (Lipinski definition) is 5. The molecule has 0 heterocycles. The SMILES string of the molecule is CCOc1ccc(NCC(=O)c2cccc([N+](=O)[O-])c2)cc1. The summed E-state index contributed by atoms with van der Waals surface area (Å²) in [5.41, 5.74) is 1.00. The third-order valence-electron chi connectivity index (χ3n) is 3.00. The van der Waals surface area contributed by atoms with E-state index < -0.39 is 4.92 Å². The Morgan fingerprint density at radius 1 is 1.23 bits per heavy atom. The maximum atomic E-state index is 12.1. The molecule has 0 unspecified atom stereocenters. The summed E-state index contributed by atoms with van der Waals surface area (Å²) in [5, 5.41) is 13.7. The highest BCUT2D eigenvalue weighted by Crippen LogP contribution is 2.16. The van der Waals surface area contributed by atoms with E-state index in [1.54, 1.807) is 6.07 Å². The van der Waals surface area contributed by atoms with Crippen LogP contribution in [0.2, 0.25) is 0 Å². The van der Waals surface area contributed by atoms with Crippen molar-refractivity contribution in [1.82, 2.24) is 0 Å². The average molecular weight is 300 g/mol. The first kappa shape index (κ1) is 15.5. The lowest BCUT2D eigenvalue weighted by atomic mass is 10.1. The van der Waals surface area contributed by atoms with Crippen LogP contribution in [0, 0.1) is 10.1 Å². The zero-order valence-electron chi connectivity index (χ0n) is 12.1. The Balaban J connectivity index is 1.97. The number of carbonyl (C=O) groups excluding carboxylic acids is 1. The maximum absolute atomic E-state index is 12.1. The van der Waals surface area contributed by atoms with Gasteiger partial charge >= 0.3 is 0 Å². The molecule has 0 fully saturated rings. The van der Waals surface area contributed by atoms with Gasteiger partial charge in [-0.3, -0.25) is 14.9 Å². The van der Waals surface area contributed by atoms with Gasteiger partial charge in [-0.2, -0.15) is 0 Å². The highest BCUT2D eigenvalue weighted by Gasteiger charge is 2.11. The molecule has 114 valence electrons. The van der Waals surface area contributed by atoms with Gasteiger partial charge < -0.3 is 10.1 Å². The van der Waals surface area contributed by atoms with Crippen molar-refractivity contribution in [2.75, 3.05) is 18.5 Å². The van der Waals surface area contributed by atoms with Gasteiger partial charge in [0.25, 0.3) is 5.69 Å². The Morgan fingerprint density at radius 2 is 1.95 bits per heavy atom. The van der Waals surface area contributed by atoms with Gasteiger partial charge in [-0.25, -0.2) is 0 Å². The Morgan fingerprint density at radius 3 is 2.59 bits per heavy atom.